The van der Waals surface area contributed by atoms with E-state index in [1.807, 2.05) is 7.05 Å². The maximum Gasteiger partial charge on any atom is 0.0386 e. The van der Waals surface area contributed by atoms with Crippen LogP contribution in [0.2, 0.25) is 0 Å². The summed E-state index contributed by atoms with van der Waals surface area (Å²) < 4.78 is 0. The molecule has 0 radical (unpaired) electrons. The summed E-state index contributed by atoms with van der Waals surface area (Å²) in [6, 6.07) is 9.19. The van der Waals surface area contributed by atoms with Crippen LogP contribution in [0.1, 0.15) is 30.0 Å². The number of rotatable bonds is 4. The van der Waals surface area contributed by atoms with Crippen molar-refractivity contribution in [3.05, 3.63) is 35.4 Å². The summed E-state index contributed by atoms with van der Waals surface area (Å²) in [5, 5.41) is 3.41. The first-order valence-electron chi connectivity index (χ1n) is 5.66. The minimum Gasteiger partial charge on any atom is -0.330 e. The van der Waals surface area contributed by atoms with Gasteiger partial charge in [0.2, 0.25) is 0 Å². The zero-order chi connectivity index (χ0) is 10.9. The molecule has 1 saturated carbocycles. The molecule has 1 aromatic carbocycles. The van der Waals surface area contributed by atoms with Gasteiger partial charge in [0.05, 0.1) is 0 Å². The highest BCUT2D eigenvalue weighted by Crippen LogP contribution is 2.53. The topological polar surface area (TPSA) is 38.0 Å². The molecule has 1 aliphatic rings. The van der Waals surface area contributed by atoms with Gasteiger partial charge < -0.3 is 11.1 Å². The number of benzene rings is 1. The minimum absolute atomic E-state index is 0.323. The fraction of sp³-hybridized carbons (Fsp3) is 0.538. The molecule has 0 aromatic heterocycles. The van der Waals surface area contributed by atoms with E-state index in [0.29, 0.717) is 11.5 Å². The summed E-state index contributed by atoms with van der Waals surface area (Å²) in [6.07, 6.45) is 2.51. The van der Waals surface area contributed by atoms with Gasteiger partial charge in [-0.3, -0.25) is 0 Å². The Morgan fingerprint density at radius 1 is 1.33 bits per heavy atom. The van der Waals surface area contributed by atoms with Crippen LogP contribution in [0.4, 0.5) is 0 Å². The van der Waals surface area contributed by atoms with E-state index >= 15 is 0 Å². The van der Waals surface area contributed by atoms with E-state index in [1.54, 1.807) is 0 Å². The van der Waals surface area contributed by atoms with Gasteiger partial charge in [-0.05, 0) is 38.9 Å². The average molecular weight is 204 g/mol. The van der Waals surface area contributed by atoms with Crippen molar-refractivity contribution in [1.29, 1.82) is 0 Å². The Morgan fingerprint density at radius 2 is 1.93 bits per heavy atom. The molecule has 3 N–H and O–H groups in total. The second kappa shape index (κ2) is 3.95. The van der Waals surface area contributed by atoms with E-state index in [0.717, 1.165) is 6.54 Å². The molecule has 1 atom stereocenters. The highest BCUT2D eigenvalue weighted by atomic mass is 14.9. The van der Waals surface area contributed by atoms with Gasteiger partial charge in [0.1, 0.15) is 0 Å². The van der Waals surface area contributed by atoms with E-state index in [4.69, 9.17) is 5.73 Å². The molecule has 1 aliphatic carbocycles. The van der Waals surface area contributed by atoms with Gasteiger partial charge in [0.15, 0.2) is 0 Å². The Morgan fingerprint density at radius 3 is 2.33 bits per heavy atom. The monoisotopic (exact) mass is 204 g/mol. The van der Waals surface area contributed by atoms with Gasteiger partial charge in [0, 0.05) is 11.5 Å². The lowest BCUT2D eigenvalue weighted by Crippen LogP contribution is -2.32. The quantitative estimate of drug-likeness (QED) is 0.787. The second-order valence-corrected chi connectivity index (χ2v) is 4.70. The molecule has 0 heterocycles. The van der Waals surface area contributed by atoms with E-state index in [1.165, 1.54) is 24.0 Å². The van der Waals surface area contributed by atoms with Gasteiger partial charge >= 0.3 is 0 Å². The van der Waals surface area contributed by atoms with Crippen LogP contribution in [0.5, 0.6) is 0 Å². The smallest absolute Gasteiger partial charge is 0.0386 e. The molecule has 1 fully saturated rings. The normalized spacial score (nSPS) is 19.9. The Hall–Kier alpha value is -0.860. The first kappa shape index (κ1) is 10.7. The number of hydrogen-bond donors (Lipinski definition) is 2. The van der Waals surface area contributed by atoms with E-state index in [9.17, 15) is 0 Å². The Bertz CT molecular complexity index is 325. The molecule has 0 spiro atoms. The van der Waals surface area contributed by atoms with Crippen LogP contribution in [-0.2, 0) is 0 Å². The number of aryl methyl sites for hydroxylation is 1. The van der Waals surface area contributed by atoms with Crippen molar-refractivity contribution in [2.24, 2.45) is 11.1 Å². The Balaban J connectivity index is 2.23. The molecule has 0 saturated heterocycles. The van der Waals surface area contributed by atoms with Crippen molar-refractivity contribution in [3.8, 4) is 0 Å². The van der Waals surface area contributed by atoms with Crippen LogP contribution in [-0.4, -0.2) is 13.6 Å². The molecule has 2 rings (SSSR count). The summed E-state index contributed by atoms with van der Waals surface area (Å²) in [7, 11) is 2.03. The first-order valence-corrected chi connectivity index (χ1v) is 5.66. The lowest BCUT2D eigenvalue weighted by Gasteiger charge is -2.26. The molecule has 0 amide bonds. The fourth-order valence-electron chi connectivity index (χ4n) is 2.36. The SMILES string of the molecule is CNC(c1ccc(C)cc1)C1(CN)CC1. The molecule has 2 nitrogen and oxygen atoms in total. The van der Waals surface area contributed by atoms with Crippen LogP contribution < -0.4 is 11.1 Å². The van der Waals surface area contributed by atoms with Crippen LogP contribution >= 0.6 is 0 Å². The zero-order valence-corrected chi connectivity index (χ0v) is 9.59. The third-order valence-electron chi connectivity index (χ3n) is 3.61. The standard InChI is InChI=1S/C13H20N2/c1-10-3-5-11(6-4-10)12(15-2)13(9-14)7-8-13/h3-6,12,15H,7-9,14H2,1-2H3. The van der Waals surface area contributed by atoms with E-state index in [2.05, 4.69) is 36.5 Å². The van der Waals surface area contributed by atoms with Gasteiger partial charge in [0.25, 0.3) is 0 Å². The predicted molar refractivity (Wildman–Crippen MR) is 63.7 cm³/mol. The maximum atomic E-state index is 5.87. The van der Waals surface area contributed by atoms with Crippen LogP contribution in [0.15, 0.2) is 24.3 Å². The van der Waals surface area contributed by atoms with Gasteiger partial charge in [-0.1, -0.05) is 29.8 Å². The molecular formula is C13H20N2. The van der Waals surface area contributed by atoms with Crippen molar-refractivity contribution in [2.45, 2.75) is 25.8 Å². The fourth-order valence-corrected chi connectivity index (χ4v) is 2.36. The molecule has 15 heavy (non-hydrogen) atoms. The number of nitrogens with one attached hydrogen (secondary N) is 1. The highest BCUT2D eigenvalue weighted by molar-refractivity contribution is 5.27. The molecule has 1 aromatic rings. The summed E-state index contributed by atoms with van der Waals surface area (Å²) >= 11 is 0. The first-order chi connectivity index (χ1) is 7.22. The molecular weight excluding hydrogens is 184 g/mol. The summed E-state index contributed by atoms with van der Waals surface area (Å²) in [5.74, 6) is 0. The summed E-state index contributed by atoms with van der Waals surface area (Å²) in [6.45, 7) is 2.90. The molecule has 2 heteroatoms. The minimum atomic E-state index is 0.323. The van der Waals surface area contributed by atoms with Crippen molar-refractivity contribution in [2.75, 3.05) is 13.6 Å². The van der Waals surface area contributed by atoms with Crippen LogP contribution in [0.3, 0.4) is 0 Å². The molecule has 1 unspecified atom stereocenters. The van der Waals surface area contributed by atoms with Crippen LogP contribution in [0.25, 0.3) is 0 Å². The van der Waals surface area contributed by atoms with Crippen molar-refractivity contribution in [1.82, 2.24) is 5.32 Å². The number of nitrogens with two attached hydrogens (primary N) is 1. The third kappa shape index (κ3) is 1.92. The lowest BCUT2D eigenvalue weighted by molar-refractivity contribution is 0.366. The lowest BCUT2D eigenvalue weighted by atomic mass is 9.90. The van der Waals surface area contributed by atoms with Crippen molar-refractivity contribution >= 4 is 0 Å². The van der Waals surface area contributed by atoms with Gasteiger partial charge in [-0.2, -0.15) is 0 Å². The summed E-state index contributed by atoms with van der Waals surface area (Å²) in [5.41, 5.74) is 8.87. The van der Waals surface area contributed by atoms with Gasteiger partial charge in [-0.25, -0.2) is 0 Å². The predicted octanol–water partition coefficient (Wildman–Crippen LogP) is 1.99. The zero-order valence-electron chi connectivity index (χ0n) is 9.59. The van der Waals surface area contributed by atoms with E-state index < -0.39 is 0 Å². The Labute approximate surface area is 91.9 Å². The maximum absolute atomic E-state index is 5.87. The molecule has 0 aliphatic heterocycles. The second-order valence-electron chi connectivity index (χ2n) is 4.70. The number of hydrogen-bond acceptors (Lipinski definition) is 2. The Kier molecular flexibility index (Phi) is 2.81. The third-order valence-corrected chi connectivity index (χ3v) is 3.61. The average Bonchev–Trinajstić information content (AvgIpc) is 3.03. The molecule has 82 valence electrons. The summed E-state index contributed by atoms with van der Waals surface area (Å²) in [4.78, 5) is 0. The van der Waals surface area contributed by atoms with Crippen LogP contribution in [0, 0.1) is 12.3 Å². The largest absolute Gasteiger partial charge is 0.330 e. The van der Waals surface area contributed by atoms with Crippen molar-refractivity contribution in [3.63, 3.8) is 0 Å². The van der Waals surface area contributed by atoms with E-state index in [-0.39, 0.29) is 0 Å². The van der Waals surface area contributed by atoms with Crippen molar-refractivity contribution < 1.29 is 0 Å². The van der Waals surface area contributed by atoms with Gasteiger partial charge in [-0.15, -0.1) is 0 Å². The highest BCUT2D eigenvalue weighted by Gasteiger charge is 2.48. The molecule has 0 bridgehead atoms.